The molecular formula is C21H28N6O. The molecule has 1 aliphatic rings. The summed E-state index contributed by atoms with van der Waals surface area (Å²) in [5.74, 6) is 1.38. The average molecular weight is 380 g/mol. The Bertz CT molecular complexity index is 955. The molecule has 1 fully saturated rings. The lowest BCUT2D eigenvalue weighted by Crippen LogP contribution is -2.40. The molecule has 3 aromatic rings. The highest BCUT2D eigenvalue weighted by molar-refractivity contribution is 5.93. The summed E-state index contributed by atoms with van der Waals surface area (Å²) in [4.78, 5) is 23.1. The predicted octanol–water partition coefficient (Wildman–Crippen LogP) is 3.21. The van der Waals surface area contributed by atoms with Gasteiger partial charge in [-0.25, -0.2) is 4.98 Å². The van der Waals surface area contributed by atoms with Gasteiger partial charge in [-0.3, -0.25) is 14.4 Å². The van der Waals surface area contributed by atoms with Crippen molar-refractivity contribution in [3.8, 4) is 0 Å². The van der Waals surface area contributed by atoms with Crippen molar-refractivity contribution in [3.05, 3.63) is 41.5 Å². The van der Waals surface area contributed by atoms with E-state index in [0.717, 1.165) is 66.4 Å². The van der Waals surface area contributed by atoms with Crippen molar-refractivity contribution >= 4 is 22.6 Å². The predicted molar refractivity (Wildman–Crippen MR) is 111 cm³/mol. The molecule has 7 nitrogen and oxygen atoms in total. The summed E-state index contributed by atoms with van der Waals surface area (Å²) in [5.41, 5.74) is 4.80. The van der Waals surface area contributed by atoms with Gasteiger partial charge < -0.3 is 10.3 Å². The van der Waals surface area contributed by atoms with E-state index in [0.29, 0.717) is 12.5 Å². The number of piperidine rings is 1. The Hall–Kier alpha value is -2.67. The first-order valence-electron chi connectivity index (χ1n) is 10.1. The highest BCUT2D eigenvalue weighted by Gasteiger charge is 2.25. The third-order valence-electron chi connectivity index (χ3n) is 5.61. The molecule has 2 N–H and O–H groups in total. The fraction of sp³-hybridized carbons (Fsp3) is 0.476. The Labute approximate surface area is 165 Å². The molecule has 148 valence electrons. The van der Waals surface area contributed by atoms with E-state index in [1.54, 1.807) is 0 Å². The van der Waals surface area contributed by atoms with E-state index in [1.807, 2.05) is 36.7 Å². The molecule has 1 aliphatic heterocycles. The molecule has 0 saturated carbocycles. The highest BCUT2D eigenvalue weighted by Crippen LogP contribution is 2.27. The molecule has 0 bridgehead atoms. The highest BCUT2D eigenvalue weighted by atomic mass is 16.2. The summed E-state index contributed by atoms with van der Waals surface area (Å²) in [6.07, 6.45) is 2.17. The molecule has 4 rings (SSSR count). The number of carbonyl (C=O) groups is 1. The second kappa shape index (κ2) is 7.75. The van der Waals surface area contributed by atoms with Crippen molar-refractivity contribution in [2.75, 3.05) is 25.0 Å². The molecule has 1 aromatic carbocycles. The number of nitrogens with one attached hydrogen (secondary N) is 2. The van der Waals surface area contributed by atoms with E-state index in [4.69, 9.17) is 4.98 Å². The van der Waals surface area contributed by atoms with Crippen molar-refractivity contribution in [1.29, 1.82) is 0 Å². The Kier molecular flexibility index (Phi) is 5.17. The molecule has 1 saturated heterocycles. The largest absolute Gasteiger partial charge is 0.342 e. The van der Waals surface area contributed by atoms with E-state index in [-0.39, 0.29) is 5.91 Å². The van der Waals surface area contributed by atoms with Crippen molar-refractivity contribution in [1.82, 2.24) is 24.6 Å². The number of hydrogen-bond acceptors (Lipinski definition) is 4. The van der Waals surface area contributed by atoms with Crippen LogP contribution in [-0.4, -0.2) is 50.2 Å². The molecule has 7 heteroatoms. The van der Waals surface area contributed by atoms with Gasteiger partial charge in [-0.15, -0.1) is 0 Å². The van der Waals surface area contributed by atoms with Crippen LogP contribution in [-0.2, 0) is 11.3 Å². The first-order valence-corrected chi connectivity index (χ1v) is 10.1. The first kappa shape index (κ1) is 18.7. The second-order valence-electron chi connectivity index (χ2n) is 7.62. The van der Waals surface area contributed by atoms with E-state index in [2.05, 4.69) is 33.3 Å². The topological polar surface area (TPSA) is 78.8 Å². The van der Waals surface area contributed by atoms with Crippen LogP contribution < -0.4 is 5.32 Å². The van der Waals surface area contributed by atoms with Crippen LogP contribution >= 0.6 is 0 Å². The zero-order valence-electron chi connectivity index (χ0n) is 16.8. The summed E-state index contributed by atoms with van der Waals surface area (Å²) in [7, 11) is 0. The molecule has 2 aromatic heterocycles. The van der Waals surface area contributed by atoms with Crippen molar-refractivity contribution in [2.45, 2.75) is 46.1 Å². The molecule has 0 aliphatic carbocycles. The second-order valence-corrected chi connectivity index (χ2v) is 7.62. The number of hydrogen-bond donors (Lipinski definition) is 2. The summed E-state index contributed by atoms with van der Waals surface area (Å²) in [6, 6.07) is 8.12. The summed E-state index contributed by atoms with van der Waals surface area (Å²) >= 11 is 0. The lowest BCUT2D eigenvalue weighted by Gasteiger charge is -2.31. The quantitative estimate of drug-likeness (QED) is 0.712. The Morgan fingerprint density at radius 1 is 1.32 bits per heavy atom. The first-order chi connectivity index (χ1) is 13.5. The Balaban J connectivity index is 1.41. The van der Waals surface area contributed by atoms with Crippen LogP contribution in [0.4, 0.5) is 5.69 Å². The van der Waals surface area contributed by atoms with Crippen LogP contribution in [0.25, 0.3) is 11.0 Å². The number of imidazole rings is 1. The van der Waals surface area contributed by atoms with Gasteiger partial charge in [-0.2, -0.15) is 5.10 Å². The number of fused-ring (bicyclic) bond motifs is 1. The smallest absolute Gasteiger partial charge is 0.238 e. The maximum Gasteiger partial charge on any atom is 0.238 e. The molecule has 0 radical (unpaired) electrons. The minimum absolute atomic E-state index is 0.0205. The number of carbonyl (C=O) groups excluding carboxylic acids is 1. The van der Waals surface area contributed by atoms with E-state index >= 15 is 0 Å². The third-order valence-corrected chi connectivity index (χ3v) is 5.61. The summed E-state index contributed by atoms with van der Waals surface area (Å²) in [6.45, 7) is 8.97. The van der Waals surface area contributed by atoms with Gasteiger partial charge in [-0.1, -0.05) is 12.1 Å². The van der Waals surface area contributed by atoms with Gasteiger partial charge in [0, 0.05) is 19.0 Å². The monoisotopic (exact) mass is 380 g/mol. The van der Waals surface area contributed by atoms with Gasteiger partial charge in [0.05, 0.1) is 34.7 Å². The van der Waals surface area contributed by atoms with E-state index in [9.17, 15) is 4.79 Å². The number of anilines is 1. The average Bonchev–Trinajstić information content (AvgIpc) is 3.24. The lowest BCUT2D eigenvalue weighted by molar-refractivity contribution is -0.117. The number of nitrogens with zero attached hydrogens (tertiary/aromatic N) is 4. The lowest BCUT2D eigenvalue weighted by atomic mass is 9.97. The summed E-state index contributed by atoms with van der Waals surface area (Å²) in [5, 5.41) is 7.55. The maximum absolute atomic E-state index is 12.7. The number of aromatic nitrogens is 4. The minimum atomic E-state index is 0.0205. The van der Waals surface area contributed by atoms with Crippen LogP contribution in [0, 0.1) is 13.8 Å². The molecule has 28 heavy (non-hydrogen) atoms. The number of H-pyrrole nitrogens is 1. The SMILES string of the molecule is CCn1nc(C)c(NC(=O)CN2CCC[C@@H](c3nc4ccccc4[nH]3)C2)c1C. The van der Waals surface area contributed by atoms with Crippen LogP contribution in [0.2, 0.25) is 0 Å². The van der Waals surface area contributed by atoms with Crippen molar-refractivity contribution < 1.29 is 4.79 Å². The maximum atomic E-state index is 12.7. The van der Waals surface area contributed by atoms with Crippen LogP contribution in [0.15, 0.2) is 24.3 Å². The minimum Gasteiger partial charge on any atom is -0.342 e. The number of para-hydroxylation sites is 2. The zero-order chi connectivity index (χ0) is 19.7. The van der Waals surface area contributed by atoms with E-state index in [1.165, 1.54) is 0 Å². The van der Waals surface area contributed by atoms with Gasteiger partial charge in [0.2, 0.25) is 5.91 Å². The molecule has 0 spiro atoms. The van der Waals surface area contributed by atoms with Gasteiger partial charge in [0.25, 0.3) is 0 Å². The van der Waals surface area contributed by atoms with Gasteiger partial charge in [-0.05, 0) is 52.3 Å². The molecule has 0 unspecified atom stereocenters. The number of amides is 1. The number of likely N-dealkylation sites (tertiary alicyclic amines) is 1. The molecular weight excluding hydrogens is 352 g/mol. The van der Waals surface area contributed by atoms with Crippen molar-refractivity contribution in [3.63, 3.8) is 0 Å². The number of aryl methyl sites for hydroxylation is 2. The molecule has 3 heterocycles. The Morgan fingerprint density at radius 2 is 2.14 bits per heavy atom. The molecule has 1 atom stereocenters. The van der Waals surface area contributed by atoms with Crippen LogP contribution in [0.1, 0.15) is 42.9 Å². The zero-order valence-corrected chi connectivity index (χ0v) is 16.8. The standard InChI is InChI=1S/C21H28N6O/c1-4-27-15(3)20(14(2)25-27)24-19(28)13-26-11-7-8-16(12-26)21-22-17-9-5-6-10-18(17)23-21/h5-6,9-10,16H,4,7-8,11-13H2,1-3H3,(H,22,23)(H,24,28)/t16-/m1/s1. The summed E-state index contributed by atoms with van der Waals surface area (Å²) < 4.78 is 1.92. The fourth-order valence-corrected chi connectivity index (χ4v) is 4.16. The normalized spacial score (nSPS) is 17.9. The molecule has 1 amide bonds. The van der Waals surface area contributed by atoms with Gasteiger partial charge >= 0.3 is 0 Å². The van der Waals surface area contributed by atoms with E-state index < -0.39 is 0 Å². The van der Waals surface area contributed by atoms with Gasteiger partial charge in [0.1, 0.15) is 5.82 Å². The van der Waals surface area contributed by atoms with Gasteiger partial charge in [0.15, 0.2) is 0 Å². The van der Waals surface area contributed by atoms with Crippen LogP contribution in [0.3, 0.4) is 0 Å². The third kappa shape index (κ3) is 3.67. The number of benzene rings is 1. The Morgan fingerprint density at radius 3 is 2.89 bits per heavy atom. The van der Waals surface area contributed by atoms with Crippen LogP contribution in [0.5, 0.6) is 0 Å². The van der Waals surface area contributed by atoms with Crippen molar-refractivity contribution in [2.24, 2.45) is 0 Å². The number of rotatable bonds is 5. The fourth-order valence-electron chi connectivity index (χ4n) is 4.16. The number of aromatic amines is 1.